The number of anilines is 1. The highest BCUT2D eigenvalue weighted by Gasteiger charge is 2.06. The highest BCUT2D eigenvalue weighted by molar-refractivity contribution is 9.10. The quantitative estimate of drug-likeness (QED) is 0.642. The van der Waals surface area contributed by atoms with E-state index in [9.17, 15) is 4.39 Å². The molecular weight excluding hydrogens is 265 g/mol. The molecule has 0 saturated carbocycles. The predicted molar refractivity (Wildman–Crippen MR) is 60.3 cm³/mol. The van der Waals surface area contributed by atoms with Crippen molar-refractivity contribution in [1.82, 2.24) is 0 Å². The Kier molecular flexibility index (Phi) is 4.84. The maximum Gasteiger partial charge on any atom is 0.145 e. The van der Waals surface area contributed by atoms with Crippen LogP contribution in [0.25, 0.3) is 0 Å². The monoisotopic (exact) mass is 277 g/mol. The van der Waals surface area contributed by atoms with Crippen molar-refractivity contribution >= 4 is 21.6 Å². The van der Waals surface area contributed by atoms with Gasteiger partial charge in [0.05, 0.1) is 16.8 Å². The Balaban J connectivity index is 2.57. The van der Waals surface area contributed by atoms with Crippen LogP contribution in [0.1, 0.15) is 12.8 Å². The molecule has 0 fully saturated rings. The Hall–Kier alpha value is -0.810. The van der Waals surface area contributed by atoms with Gasteiger partial charge in [-0.2, -0.15) is 0 Å². The molecule has 0 saturated heterocycles. The molecule has 1 aromatic carbocycles. The average Bonchev–Trinajstić information content (AvgIpc) is 2.20. The number of nitrogens with two attached hydrogens (primary N) is 1. The third-order valence-electron chi connectivity index (χ3n) is 1.86. The number of benzene rings is 1. The largest absolute Gasteiger partial charge is 0.491 e. The van der Waals surface area contributed by atoms with E-state index in [4.69, 9.17) is 15.6 Å². The Morgan fingerprint density at radius 1 is 1.40 bits per heavy atom. The molecule has 0 unspecified atom stereocenters. The van der Waals surface area contributed by atoms with Gasteiger partial charge in [0.1, 0.15) is 11.6 Å². The number of aliphatic hydroxyl groups is 1. The molecule has 3 N–H and O–H groups in total. The van der Waals surface area contributed by atoms with E-state index in [1.165, 1.54) is 12.1 Å². The number of unbranched alkanes of at least 4 members (excludes halogenated alkanes) is 1. The number of hydrogen-bond acceptors (Lipinski definition) is 3. The molecule has 1 rings (SSSR count). The van der Waals surface area contributed by atoms with Crippen molar-refractivity contribution in [1.29, 1.82) is 0 Å². The van der Waals surface area contributed by atoms with Gasteiger partial charge in [0, 0.05) is 12.7 Å². The lowest BCUT2D eigenvalue weighted by Crippen LogP contribution is -2.02. The number of nitrogen functional groups attached to an aromatic ring is 1. The van der Waals surface area contributed by atoms with Crippen molar-refractivity contribution in [2.75, 3.05) is 18.9 Å². The first kappa shape index (κ1) is 12.3. The van der Waals surface area contributed by atoms with E-state index in [2.05, 4.69) is 15.9 Å². The second-order valence-corrected chi connectivity index (χ2v) is 3.94. The first-order valence-corrected chi connectivity index (χ1v) is 5.42. The fourth-order valence-corrected chi connectivity index (χ4v) is 1.43. The predicted octanol–water partition coefficient (Wildman–Crippen LogP) is 2.32. The maximum atomic E-state index is 13.1. The standard InChI is InChI=1S/C10H13BrFNO2/c11-7-5-9(13)10(6-8(7)12)15-4-2-1-3-14/h5-6,14H,1-4,13H2. The van der Waals surface area contributed by atoms with Gasteiger partial charge >= 0.3 is 0 Å². The highest BCUT2D eigenvalue weighted by Crippen LogP contribution is 2.28. The van der Waals surface area contributed by atoms with Gasteiger partial charge < -0.3 is 15.6 Å². The lowest BCUT2D eigenvalue weighted by molar-refractivity contribution is 0.253. The summed E-state index contributed by atoms with van der Waals surface area (Å²) in [7, 11) is 0. The smallest absolute Gasteiger partial charge is 0.145 e. The molecule has 0 aliphatic carbocycles. The minimum atomic E-state index is -0.402. The van der Waals surface area contributed by atoms with E-state index in [0.717, 1.165) is 0 Å². The van der Waals surface area contributed by atoms with Crippen molar-refractivity contribution in [3.05, 3.63) is 22.4 Å². The fraction of sp³-hybridized carbons (Fsp3) is 0.400. The maximum absolute atomic E-state index is 13.1. The number of halogens is 2. The SMILES string of the molecule is Nc1cc(Br)c(F)cc1OCCCCO. The molecule has 0 aliphatic rings. The zero-order chi connectivity index (χ0) is 11.3. The van der Waals surface area contributed by atoms with Crippen LogP contribution < -0.4 is 10.5 Å². The molecule has 15 heavy (non-hydrogen) atoms. The lowest BCUT2D eigenvalue weighted by atomic mass is 10.3. The first-order valence-electron chi connectivity index (χ1n) is 4.63. The van der Waals surface area contributed by atoms with Crippen molar-refractivity contribution in [2.24, 2.45) is 0 Å². The number of hydrogen-bond donors (Lipinski definition) is 2. The normalized spacial score (nSPS) is 10.3. The van der Waals surface area contributed by atoms with Crippen LogP contribution in [-0.2, 0) is 0 Å². The van der Waals surface area contributed by atoms with E-state index in [-0.39, 0.29) is 6.61 Å². The second-order valence-electron chi connectivity index (χ2n) is 3.08. The second kappa shape index (κ2) is 5.92. The minimum absolute atomic E-state index is 0.132. The topological polar surface area (TPSA) is 55.5 Å². The molecule has 0 aliphatic heterocycles. The molecule has 0 heterocycles. The zero-order valence-electron chi connectivity index (χ0n) is 8.17. The van der Waals surface area contributed by atoms with E-state index < -0.39 is 5.82 Å². The van der Waals surface area contributed by atoms with Crippen LogP contribution >= 0.6 is 15.9 Å². The summed E-state index contributed by atoms with van der Waals surface area (Å²) in [5.41, 5.74) is 6.03. The van der Waals surface area contributed by atoms with Crippen LogP contribution in [-0.4, -0.2) is 18.3 Å². The van der Waals surface area contributed by atoms with Gasteiger partial charge in [0.15, 0.2) is 0 Å². The van der Waals surface area contributed by atoms with Crippen LogP contribution in [0.15, 0.2) is 16.6 Å². The summed E-state index contributed by atoms with van der Waals surface area (Å²) in [6.45, 7) is 0.555. The summed E-state index contributed by atoms with van der Waals surface area (Å²) >= 11 is 3.03. The van der Waals surface area contributed by atoms with Crippen LogP contribution in [0.5, 0.6) is 5.75 Å². The third kappa shape index (κ3) is 3.68. The molecule has 0 amide bonds. The molecular formula is C10H13BrFNO2. The van der Waals surface area contributed by atoms with Crippen molar-refractivity contribution in [3.8, 4) is 5.75 Å². The Morgan fingerprint density at radius 3 is 2.80 bits per heavy atom. The molecule has 0 radical (unpaired) electrons. The highest BCUT2D eigenvalue weighted by atomic mass is 79.9. The number of ether oxygens (including phenoxy) is 1. The molecule has 3 nitrogen and oxygen atoms in total. The first-order chi connectivity index (χ1) is 7.15. The fourth-order valence-electron chi connectivity index (χ4n) is 1.06. The summed E-state index contributed by atoms with van der Waals surface area (Å²) < 4.78 is 18.7. The number of aliphatic hydroxyl groups excluding tert-OH is 1. The number of rotatable bonds is 5. The van der Waals surface area contributed by atoms with Gasteiger partial charge in [-0.3, -0.25) is 0 Å². The van der Waals surface area contributed by atoms with Crippen molar-refractivity contribution in [3.63, 3.8) is 0 Å². The van der Waals surface area contributed by atoms with Gasteiger partial charge in [-0.15, -0.1) is 0 Å². The van der Waals surface area contributed by atoms with Gasteiger partial charge in [-0.1, -0.05) is 0 Å². The molecule has 5 heteroatoms. The molecule has 84 valence electrons. The molecule has 0 aromatic heterocycles. The molecule has 0 atom stereocenters. The zero-order valence-corrected chi connectivity index (χ0v) is 9.76. The minimum Gasteiger partial charge on any atom is -0.491 e. The summed E-state index contributed by atoms with van der Waals surface area (Å²) in [5.74, 6) is -0.0602. The van der Waals surface area contributed by atoms with Crippen LogP contribution in [0, 0.1) is 5.82 Å². The Labute approximate surface area is 96.2 Å². The average molecular weight is 278 g/mol. The van der Waals surface area contributed by atoms with Gasteiger partial charge in [0.25, 0.3) is 0 Å². The summed E-state index contributed by atoms with van der Waals surface area (Å²) in [6, 6.07) is 2.72. The van der Waals surface area contributed by atoms with Gasteiger partial charge in [0.2, 0.25) is 0 Å². The lowest BCUT2D eigenvalue weighted by Gasteiger charge is -2.09. The van der Waals surface area contributed by atoms with Crippen LogP contribution in [0.4, 0.5) is 10.1 Å². The molecule has 1 aromatic rings. The van der Waals surface area contributed by atoms with E-state index >= 15 is 0 Å². The van der Waals surface area contributed by atoms with Crippen molar-refractivity contribution < 1.29 is 14.2 Å². The van der Waals surface area contributed by atoms with E-state index in [0.29, 0.717) is 35.4 Å². The van der Waals surface area contributed by atoms with Crippen LogP contribution in [0.3, 0.4) is 0 Å². The Bertz CT molecular complexity index is 333. The van der Waals surface area contributed by atoms with Gasteiger partial charge in [-0.05, 0) is 34.8 Å². The summed E-state index contributed by atoms with van der Waals surface area (Å²) in [6.07, 6.45) is 1.38. The third-order valence-corrected chi connectivity index (χ3v) is 2.47. The van der Waals surface area contributed by atoms with Gasteiger partial charge in [-0.25, -0.2) is 4.39 Å². The summed E-state index contributed by atoms with van der Waals surface area (Å²) in [4.78, 5) is 0. The molecule has 0 bridgehead atoms. The van der Waals surface area contributed by atoms with Crippen molar-refractivity contribution in [2.45, 2.75) is 12.8 Å². The van der Waals surface area contributed by atoms with E-state index in [1.54, 1.807) is 0 Å². The Morgan fingerprint density at radius 2 is 2.13 bits per heavy atom. The summed E-state index contributed by atoms with van der Waals surface area (Å²) in [5, 5.41) is 8.55. The van der Waals surface area contributed by atoms with Crippen LogP contribution in [0.2, 0.25) is 0 Å². The van der Waals surface area contributed by atoms with E-state index in [1.807, 2.05) is 0 Å². The molecule has 0 spiro atoms.